The summed E-state index contributed by atoms with van der Waals surface area (Å²) in [5.41, 5.74) is 0.662. The fourth-order valence-corrected chi connectivity index (χ4v) is 1.63. The molecule has 0 aliphatic carbocycles. The zero-order valence-electron chi connectivity index (χ0n) is 12.6. The number of ether oxygens (including phenoxy) is 2. The van der Waals surface area contributed by atoms with E-state index in [-0.39, 0.29) is 12.1 Å². The minimum Gasteiger partial charge on any atom is -0.491 e. The van der Waals surface area contributed by atoms with Gasteiger partial charge >= 0.3 is 6.03 Å². The van der Waals surface area contributed by atoms with Gasteiger partial charge in [0.25, 0.3) is 0 Å². The third-order valence-electron chi connectivity index (χ3n) is 2.50. The van der Waals surface area contributed by atoms with Crippen LogP contribution in [0.3, 0.4) is 0 Å². The molecule has 0 radical (unpaired) electrons. The van der Waals surface area contributed by atoms with E-state index in [0.717, 1.165) is 0 Å². The summed E-state index contributed by atoms with van der Waals surface area (Å²) >= 11 is 0. The van der Waals surface area contributed by atoms with E-state index in [1.54, 1.807) is 7.11 Å². The van der Waals surface area contributed by atoms with Crippen LogP contribution in [0.25, 0.3) is 0 Å². The van der Waals surface area contributed by atoms with Crippen LogP contribution >= 0.6 is 0 Å². The van der Waals surface area contributed by atoms with Gasteiger partial charge in [-0.15, -0.1) is 0 Å². The van der Waals surface area contributed by atoms with Crippen LogP contribution in [0, 0.1) is 5.92 Å². The van der Waals surface area contributed by atoms with Gasteiger partial charge in [-0.3, -0.25) is 0 Å². The van der Waals surface area contributed by atoms with Gasteiger partial charge in [-0.25, -0.2) is 4.79 Å². The van der Waals surface area contributed by atoms with E-state index in [1.807, 2.05) is 31.2 Å². The van der Waals surface area contributed by atoms with E-state index >= 15 is 0 Å². The molecule has 1 unspecified atom stereocenters. The molecule has 0 heterocycles. The van der Waals surface area contributed by atoms with E-state index in [2.05, 4.69) is 24.5 Å². The van der Waals surface area contributed by atoms with Crippen molar-refractivity contribution in [2.24, 2.45) is 5.92 Å². The van der Waals surface area contributed by atoms with Crippen molar-refractivity contribution < 1.29 is 14.3 Å². The summed E-state index contributed by atoms with van der Waals surface area (Å²) in [4.78, 5) is 11.9. The van der Waals surface area contributed by atoms with E-state index in [9.17, 15) is 4.79 Å². The molecular weight excluding hydrogens is 256 g/mol. The Kier molecular flexibility index (Phi) is 6.87. The molecule has 1 aromatic carbocycles. The van der Waals surface area contributed by atoms with Crippen LogP contribution in [0.1, 0.15) is 20.8 Å². The van der Waals surface area contributed by atoms with Crippen molar-refractivity contribution in [2.75, 3.05) is 25.6 Å². The van der Waals surface area contributed by atoms with Gasteiger partial charge in [0.15, 0.2) is 0 Å². The Labute approximate surface area is 120 Å². The van der Waals surface area contributed by atoms with Gasteiger partial charge < -0.3 is 20.1 Å². The molecule has 0 saturated heterocycles. The highest BCUT2D eigenvalue weighted by molar-refractivity contribution is 5.91. The van der Waals surface area contributed by atoms with E-state index < -0.39 is 0 Å². The summed E-state index contributed by atoms with van der Waals surface area (Å²) in [6.45, 7) is 7.12. The number of para-hydroxylation sites is 2. The molecule has 0 bridgehead atoms. The zero-order valence-corrected chi connectivity index (χ0v) is 12.6. The number of anilines is 1. The fourth-order valence-electron chi connectivity index (χ4n) is 1.63. The molecule has 2 amide bonds. The number of methoxy groups -OCH3 is 1. The first-order valence-corrected chi connectivity index (χ1v) is 6.81. The minimum absolute atomic E-state index is 0.0521. The molecule has 0 saturated carbocycles. The lowest BCUT2D eigenvalue weighted by Crippen LogP contribution is -2.38. The van der Waals surface area contributed by atoms with Crippen molar-refractivity contribution in [3.05, 3.63) is 24.3 Å². The van der Waals surface area contributed by atoms with Crippen LogP contribution in [0.5, 0.6) is 5.75 Å². The summed E-state index contributed by atoms with van der Waals surface area (Å²) in [5.74, 6) is 1.11. The first-order chi connectivity index (χ1) is 9.52. The third kappa shape index (κ3) is 5.93. The van der Waals surface area contributed by atoms with Crippen molar-refractivity contribution in [1.82, 2.24) is 5.32 Å². The van der Waals surface area contributed by atoms with E-state index in [0.29, 0.717) is 30.6 Å². The maximum Gasteiger partial charge on any atom is 0.319 e. The second-order valence-electron chi connectivity index (χ2n) is 5.16. The monoisotopic (exact) mass is 280 g/mol. The zero-order chi connectivity index (χ0) is 15.0. The van der Waals surface area contributed by atoms with Crippen LogP contribution in [0.15, 0.2) is 24.3 Å². The predicted octanol–water partition coefficient (Wildman–Crippen LogP) is 2.88. The van der Waals surface area contributed by atoms with Gasteiger partial charge in [0, 0.05) is 7.11 Å². The SMILES string of the molecule is COCC(C)NC(=O)Nc1ccccc1OCC(C)C. The van der Waals surface area contributed by atoms with Crippen LogP contribution in [-0.4, -0.2) is 32.4 Å². The van der Waals surface area contributed by atoms with Crippen LogP contribution in [0.4, 0.5) is 10.5 Å². The Hall–Kier alpha value is -1.75. The van der Waals surface area contributed by atoms with E-state index in [4.69, 9.17) is 9.47 Å². The number of amides is 2. The molecule has 0 aliphatic rings. The smallest absolute Gasteiger partial charge is 0.319 e. The summed E-state index contributed by atoms with van der Waals surface area (Å²) in [6, 6.07) is 7.08. The van der Waals surface area contributed by atoms with Gasteiger partial charge in [0.2, 0.25) is 0 Å². The van der Waals surface area contributed by atoms with Crippen molar-refractivity contribution in [2.45, 2.75) is 26.8 Å². The predicted molar refractivity (Wildman–Crippen MR) is 80.3 cm³/mol. The molecule has 5 heteroatoms. The lowest BCUT2D eigenvalue weighted by Gasteiger charge is -2.16. The highest BCUT2D eigenvalue weighted by atomic mass is 16.5. The van der Waals surface area contributed by atoms with Crippen LogP contribution in [0.2, 0.25) is 0 Å². The van der Waals surface area contributed by atoms with Crippen molar-refractivity contribution in [3.63, 3.8) is 0 Å². The Morgan fingerprint density at radius 3 is 2.55 bits per heavy atom. The topological polar surface area (TPSA) is 59.6 Å². The summed E-state index contributed by atoms with van der Waals surface area (Å²) in [5, 5.41) is 5.58. The Bertz CT molecular complexity index is 421. The molecule has 1 aromatic rings. The molecule has 0 fully saturated rings. The molecule has 112 valence electrons. The molecule has 0 aromatic heterocycles. The Morgan fingerprint density at radius 2 is 1.90 bits per heavy atom. The van der Waals surface area contributed by atoms with Gasteiger partial charge in [-0.2, -0.15) is 0 Å². The van der Waals surface area contributed by atoms with Gasteiger partial charge in [0.05, 0.1) is 24.9 Å². The van der Waals surface area contributed by atoms with E-state index in [1.165, 1.54) is 0 Å². The number of urea groups is 1. The lowest BCUT2D eigenvalue weighted by molar-refractivity contribution is 0.173. The van der Waals surface area contributed by atoms with Gasteiger partial charge in [-0.1, -0.05) is 26.0 Å². The highest BCUT2D eigenvalue weighted by Crippen LogP contribution is 2.24. The number of rotatable bonds is 7. The number of hydrogen-bond acceptors (Lipinski definition) is 3. The van der Waals surface area contributed by atoms with Gasteiger partial charge in [0.1, 0.15) is 5.75 Å². The quantitative estimate of drug-likeness (QED) is 0.807. The first kappa shape index (κ1) is 16.3. The first-order valence-electron chi connectivity index (χ1n) is 6.81. The molecule has 0 spiro atoms. The number of hydrogen-bond donors (Lipinski definition) is 2. The minimum atomic E-state index is -0.268. The number of nitrogens with one attached hydrogen (secondary N) is 2. The summed E-state index contributed by atoms with van der Waals surface area (Å²) < 4.78 is 10.7. The molecule has 0 aliphatic heterocycles. The number of benzene rings is 1. The molecule has 1 rings (SSSR count). The molecular formula is C15H24N2O3. The van der Waals surface area contributed by atoms with Crippen molar-refractivity contribution >= 4 is 11.7 Å². The number of carbonyl (C=O) groups excluding carboxylic acids is 1. The maximum atomic E-state index is 11.9. The average molecular weight is 280 g/mol. The molecule has 5 nitrogen and oxygen atoms in total. The van der Waals surface area contributed by atoms with Gasteiger partial charge in [-0.05, 0) is 25.0 Å². The van der Waals surface area contributed by atoms with Crippen molar-refractivity contribution in [1.29, 1.82) is 0 Å². The third-order valence-corrected chi connectivity index (χ3v) is 2.50. The molecule has 2 N–H and O–H groups in total. The Balaban J connectivity index is 2.60. The van der Waals surface area contributed by atoms with Crippen LogP contribution in [-0.2, 0) is 4.74 Å². The second-order valence-corrected chi connectivity index (χ2v) is 5.16. The molecule has 1 atom stereocenters. The standard InChI is InChI=1S/C15H24N2O3/c1-11(2)9-20-14-8-6-5-7-13(14)17-15(18)16-12(3)10-19-4/h5-8,11-12H,9-10H2,1-4H3,(H2,16,17,18). The second kappa shape index (κ2) is 8.43. The normalized spacial score (nSPS) is 12.1. The summed E-state index contributed by atoms with van der Waals surface area (Å²) in [6.07, 6.45) is 0. The lowest BCUT2D eigenvalue weighted by atomic mass is 10.2. The largest absolute Gasteiger partial charge is 0.491 e. The number of carbonyl (C=O) groups is 1. The van der Waals surface area contributed by atoms with Crippen molar-refractivity contribution in [3.8, 4) is 5.75 Å². The van der Waals surface area contributed by atoms with Crippen LogP contribution < -0.4 is 15.4 Å². The average Bonchev–Trinajstić information content (AvgIpc) is 2.37. The fraction of sp³-hybridized carbons (Fsp3) is 0.533. The molecule has 20 heavy (non-hydrogen) atoms. The highest BCUT2D eigenvalue weighted by Gasteiger charge is 2.10. The Morgan fingerprint density at radius 1 is 1.20 bits per heavy atom. The maximum absolute atomic E-state index is 11.9. The summed E-state index contributed by atoms with van der Waals surface area (Å²) in [7, 11) is 1.60.